The van der Waals surface area contributed by atoms with Crippen molar-refractivity contribution in [1.29, 1.82) is 0 Å². The third-order valence-corrected chi connectivity index (χ3v) is 7.88. The summed E-state index contributed by atoms with van der Waals surface area (Å²) in [5, 5.41) is 0.801. The Bertz CT molecular complexity index is 1480. The summed E-state index contributed by atoms with van der Waals surface area (Å²) in [7, 11) is 0. The van der Waals surface area contributed by atoms with E-state index in [-0.39, 0.29) is 31.2 Å². The molecule has 1 unspecified atom stereocenters. The van der Waals surface area contributed by atoms with Crippen molar-refractivity contribution in [2.45, 2.75) is 65.4 Å². The van der Waals surface area contributed by atoms with Crippen molar-refractivity contribution in [2.75, 3.05) is 6.61 Å². The van der Waals surface area contributed by atoms with Gasteiger partial charge in [-0.25, -0.2) is 4.39 Å². The standard InChI is InChI=1S/C31H35FN2O5S/c1-6-20-8-9-22(17-28(35)37-7-2)27(16-20)39-19-21-14-23-11-13-38-30(23)25(15-21)24-10-12-33-26(29(24)32)18-34-40(36)31(3,4)5/h8-16,34H,6-7,17-19H2,1-5H3. The largest absolute Gasteiger partial charge is 0.598 e. The van der Waals surface area contributed by atoms with Gasteiger partial charge in [0.2, 0.25) is 0 Å². The second kappa shape index (κ2) is 12.8. The van der Waals surface area contributed by atoms with Crippen LogP contribution in [0.5, 0.6) is 5.75 Å². The number of hydrogen-bond donors (Lipinski definition) is 1. The smallest absolute Gasteiger partial charge is 0.310 e. The van der Waals surface area contributed by atoms with Crippen molar-refractivity contribution in [3.8, 4) is 16.9 Å². The average molecular weight is 567 g/mol. The summed E-state index contributed by atoms with van der Waals surface area (Å²) < 4.78 is 47.6. The molecule has 2 aromatic heterocycles. The number of carbonyl (C=O) groups is 1. The molecule has 0 bridgehead atoms. The molecule has 0 radical (unpaired) electrons. The molecule has 0 aliphatic heterocycles. The lowest BCUT2D eigenvalue weighted by Gasteiger charge is -2.23. The molecule has 4 rings (SSSR count). The minimum atomic E-state index is -1.37. The molecule has 0 aliphatic rings. The number of benzene rings is 2. The first-order chi connectivity index (χ1) is 19.1. The third kappa shape index (κ3) is 7.02. The fourth-order valence-corrected chi connectivity index (χ4v) is 4.92. The molecule has 0 fully saturated rings. The van der Waals surface area contributed by atoms with Gasteiger partial charge in [0, 0.05) is 39.6 Å². The Kier molecular flexibility index (Phi) is 9.50. The summed E-state index contributed by atoms with van der Waals surface area (Å²) in [6, 6.07) is 13.0. The van der Waals surface area contributed by atoms with Crippen LogP contribution in [0.4, 0.5) is 4.39 Å². The monoisotopic (exact) mass is 566 g/mol. The molecule has 2 heterocycles. The van der Waals surface area contributed by atoms with Gasteiger partial charge >= 0.3 is 5.97 Å². The molecule has 9 heteroatoms. The molecule has 0 saturated heterocycles. The van der Waals surface area contributed by atoms with E-state index in [0.29, 0.717) is 29.1 Å². The Morgan fingerprint density at radius 2 is 1.90 bits per heavy atom. The van der Waals surface area contributed by atoms with Gasteiger partial charge in [-0.3, -0.25) is 9.78 Å². The minimum Gasteiger partial charge on any atom is -0.598 e. The Hall–Kier alpha value is -3.40. The summed E-state index contributed by atoms with van der Waals surface area (Å²) >= 11 is -1.37. The number of fused-ring (bicyclic) bond motifs is 1. The van der Waals surface area contributed by atoms with Gasteiger partial charge in [0.05, 0.1) is 31.5 Å². The number of hydrogen-bond acceptors (Lipinski definition) is 7. The van der Waals surface area contributed by atoms with Gasteiger partial charge in [0.1, 0.15) is 22.7 Å². The molecule has 40 heavy (non-hydrogen) atoms. The number of carbonyl (C=O) groups excluding carboxylic acids is 1. The minimum absolute atomic E-state index is 0.0185. The Balaban J connectivity index is 1.63. The number of esters is 1. The number of rotatable bonds is 11. The molecule has 1 N–H and O–H groups in total. The first-order valence-electron chi connectivity index (χ1n) is 13.3. The van der Waals surface area contributed by atoms with Crippen LogP contribution in [0.25, 0.3) is 22.1 Å². The Labute approximate surface area is 237 Å². The van der Waals surface area contributed by atoms with E-state index >= 15 is 4.39 Å². The van der Waals surface area contributed by atoms with Crippen molar-refractivity contribution in [1.82, 2.24) is 9.71 Å². The fourth-order valence-electron chi connectivity index (χ4n) is 4.22. The molecule has 0 amide bonds. The predicted molar refractivity (Wildman–Crippen MR) is 155 cm³/mol. The van der Waals surface area contributed by atoms with Crippen LogP contribution in [-0.4, -0.2) is 26.9 Å². The zero-order valence-corrected chi connectivity index (χ0v) is 24.3. The van der Waals surface area contributed by atoms with Crippen LogP contribution in [0.1, 0.15) is 57.0 Å². The van der Waals surface area contributed by atoms with Crippen LogP contribution in [0.3, 0.4) is 0 Å². The van der Waals surface area contributed by atoms with Crippen LogP contribution in [-0.2, 0) is 46.9 Å². The molecular weight excluding hydrogens is 531 g/mol. The fraction of sp³-hybridized carbons (Fsp3) is 0.355. The predicted octanol–water partition coefficient (Wildman–Crippen LogP) is 6.43. The summed E-state index contributed by atoms with van der Waals surface area (Å²) in [6.07, 6.45) is 4.03. The lowest BCUT2D eigenvalue weighted by molar-refractivity contribution is -0.142. The maximum atomic E-state index is 15.7. The van der Waals surface area contributed by atoms with Crippen molar-refractivity contribution < 1.29 is 27.6 Å². The summed E-state index contributed by atoms with van der Waals surface area (Å²) in [6.45, 7) is 9.89. The number of furan rings is 1. The molecular formula is C31H35FN2O5S. The maximum Gasteiger partial charge on any atom is 0.310 e. The van der Waals surface area contributed by atoms with Crippen LogP contribution in [0, 0.1) is 5.82 Å². The lowest BCUT2D eigenvalue weighted by Crippen LogP contribution is -2.39. The van der Waals surface area contributed by atoms with Crippen molar-refractivity contribution in [2.24, 2.45) is 0 Å². The Morgan fingerprint density at radius 1 is 1.10 bits per heavy atom. The van der Waals surface area contributed by atoms with Gasteiger partial charge in [-0.05, 0) is 75.6 Å². The van der Waals surface area contributed by atoms with Crippen molar-refractivity contribution >= 4 is 28.3 Å². The molecule has 0 spiro atoms. The number of aryl methyl sites for hydroxylation is 1. The van der Waals surface area contributed by atoms with Gasteiger partial charge in [0.25, 0.3) is 0 Å². The van der Waals surface area contributed by atoms with E-state index in [1.165, 1.54) is 6.20 Å². The normalized spacial score (nSPS) is 12.5. The average Bonchev–Trinajstić information content (AvgIpc) is 3.40. The molecule has 7 nitrogen and oxygen atoms in total. The second-order valence-electron chi connectivity index (χ2n) is 10.4. The quantitative estimate of drug-likeness (QED) is 0.165. The lowest BCUT2D eigenvalue weighted by atomic mass is 10.00. The van der Waals surface area contributed by atoms with E-state index in [1.54, 1.807) is 19.3 Å². The van der Waals surface area contributed by atoms with Crippen LogP contribution >= 0.6 is 0 Å². The number of pyridine rings is 1. The zero-order valence-electron chi connectivity index (χ0n) is 23.5. The Morgan fingerprint density at radius 3 is 2.62 bits per heavy atom. The van der Waals surface area contributed by atoms with E-state index in [0.717, 1.165) is 28.5 Å². The van der Waals surface area contributed by atoms with Crippen LogP contribution in [0.15, 0.2) is 59.3 Å². The second-order valence-corrected chi connectivity index (χ2v) is 12.4. The van der Waals surface area contributed by atoms with Crippen molar-refractivity contribution in [3.63, 3.8) is 0 Å². The van der Waals surface area contributed by atoms with Gasteiger partial charge in [-0.1, -0.05) is 19.1 Å². The van der Waals surface area contributed by atoms with Crippen molar-refractivity contribution in [3.05, 3.63) is 83.1 Å². The number of nitrogens with zero attached hydrogens (tertiary/aromatic N) is 1. The number of aromatic nitrogens is 1. The summed E-state index contributed by atoms with van der Waals surface area (Å²) in [5.41, 5.74) is 4.22. The number of ether oxygens (including phenoxy) is 2. The molecule has 0 aliphatic carbocycles. The highest BCUT2D eigenvalue weighted by Crippen LogP contribution is 2.34. The first-order valence-corrected chi connectivity index (χ1v) is 14.4. The van der Waals surface area contributed by atoms with Gasteiger partial charge in [0.15, 0.2) is 5.82 Å². The molecule has 4 aromatic rings. The van der Waals surface area contributed by atoms with E-state index in [2.05, 4.69) is 16.6 Å². The van der Waals surface area contributed by atoms with Gasteiger partial charge in [-0.2, -0.15) is 0 Å². The van der Waals surface area contributed by atoms with E-state index in [4.69, 9.17) is 13.9 Å². The van der Waals surface area contributed by atoms with Gasteiger partial charge in [-0.15, -0.1) is 4.72 Å². The van der Waals surface area contributed by atoms with E-state index in [9.17, 15) is 9.35 Å². The summed E-state index contributed by atoms with van der Waals surface area (Å²) in [4.78, 5) is 16.3. The number of nitrogens with one attached hydrogen (secondary N) is 1. The van der Waals surface area contributed by atoms with Crippen LogP contribution < -0.4 is 9.46 Å². The van der Waals surface area contributed by atoms with E-state index in [1.807, 2.05) is 57.2 Å². The molecule has 0 saturated carbocycles. The topological polar surface area (TPSA) is 96.7 Å². The highest BCUT2D eigenvalue weighted by molar-refractivity contribution is 7.90. The SMILES string of the molecule is CCOC(=O)Cc1ccc(CC)cc1OCc1cc(-c2ccnc(CN[S+]([O-])C(C)(C)C)c2F)c2occc2c1. The molecule has 2 aromatic carbocycles. The zero-order chi connectivity index (χ0) is 28.9. The first kappa shape index (κ1) is 29.6. The molecule has 212 valence electrons. The van der Waals surface area contributed by atoms with Crippen LogP contribution in [0.2, 0.25) is 0 Å². The summed E-state index contributed by atoms with van der Waals surface area (Å²) in [5.74, 6) is -0.218. The third-order valence-electron chi connectivity index (χ3n) is 6.36. The number of halogens is 1. The van der Waals surface area contributed by atoms with E-state index < -0.39 is 21.9 Å². The highest BCUT2D eigenvalue weighted by atomic mass is 32.2. The maximum absolute atomic E-state index is 15.7. The highest BCUT2D eigenvalue weighted by Gasteiger charge is 2.27. The van der Waals surface area contributed by atoms with Gasteiger partial charge < -0.3 is 18.4 Å². The molecule has 1 atom stereocenters.